The number of rotatable bonds is 4. The van der Waals surface area contributed by atoms with Gasteiger partial charge in [0.05, 0.1) is 23.4 Å². The minimum absolute atomic E-state index is 0.0387. The van der Waals surface area contributed by atoms with Gasteiger partial charge in [-0.25, -0.2) is 0 Å². The zero-order valence-electron chi connectivity index (χ0n) is 11.9. The van der Waals surface area contributed by atoms with E-state index in [0.29, 0.717) is 11.3 Å². The predicted molar refractivity (Wildman–Crippen MR) is 79.9 cm³/mol. The Labute approximate surface area is 119 Å². The van der Waals surface area contributed by atoms with Crippen LogP contribution in [-0.2, 0) is 4.79 Å². The van der Waals surface area contributed by atoms with E-state index in [-0.39, 0.29) is 16.7 Å². The number of carbonyl (C=O) groups excluding carboxylic acids is 1. The molecule has 0 heterocycles. The van der Waals surface area contributed by atoms with Crippen LogP contribution in [0, 0.1) is 11.3 Å². The van der Waals surface area contributed by atoms with Crippen LogP contribution in [0.5, 0.6) is 0 Å². The lowest BCUT2D eigenvalue weighted by atomic mass is 10.1. The van der Waals surface area contributed by atoms with Crippen molar-refractivity contribution >= 4 is 17.7 Å². The fraction of sp³-hybridized carbons (Fsp3) is 0.467. The molecular weight excluding hydrogens is 256 g/mol. The minimum Gasteiger partial charge on any atom is -0.349 e. The molecule has 3 nitrogen and oxygen atoms in total. The molecule has 0 bridgehead atoms. The third-order valence-electron chi connectivity index (χ3n) is 2.55. The second-order valence-corrected chi connectivity index (χ2v) is 7.23. The van der Waals surface area contributed by atoms with E-state index in [0.717, 1.165) is 5.56 Å². The van der Waals surface area contributed by atoms with Crippen LogP contribution in [0.2, 0.25) is 0 Å². The molecule has 0 aliphatic heterocycles. The average molecular weight is 276 g/mol. The van der Waals surface area contributed by atoms with E-state index in [1.54, 1.807) is 23.9 Å². The molecule has 0 aliphatic rings. The van der Waals surface area contributed by atoms with E-state index in [1.165, 1.54) is 0 Å². The molecule has 1 amide bonds. The van der Waals surface area contributed by atoms with Crippen molar-refractivity contribution in [2.45, 2.75) is 38.5 Å². The lowest BCUT2D eigenvalue weighted by Gasteiger charge is -2.19. The van der Waals surface area contributed by atoms with Crippen LogP contribution in [0.1, 0.15) is 44.9 Å². The standard InChI is InChI=1S/C15H20N2OS/c1-11(13-7-5-12(9-16)6-8-13)17-14(18)10-19-15(2,3)4/h5-8,11H,10H2,1-4H3,(H,17,18). The first-order valence-corrected chi connectivity index (χ1v) is 7.24. The van der Waals surface area contributed by atoms with Crippen molar-refractivity contribution in [2.75, 3.05) is 5.75 Å². The van der Waals surface area contributed by atoms with Crippen LogP contribution in [0.15, 0.2) is 24.3 Å². The van der Waals surface area contributed by atoms with Crippen LogP contribution in [0.25, 0.3) is 0 Å². The highest BCUT2D eigenvalue weighted by Gasteiger charge is 2.15. The van der Waals surface area contributed by atoms with Crippen LogP contribution >= 0.6 is 11.8 Å². The molecule has 1 aromatic carbocycles. The first kappa shape index (κ1) is 15.6. The Balaban J connectivity index is 2.52. The Morgan fingerprint density at radius 3 is 2.42 bits per heavy atom. The van der Waals surface area contributed by atoms with Crippen molar-refractivity contribution in [2.24, 2.45) is 0 Å². The second-order valence-electron chi connectivity index (χ2n) is 5.42. The summed E-state index contributed by atoms with van der Waals surface area (Å²) in [7, 11) is 0. The Bertz CT molecular complexity index is 468. The summed E-state index contributed by atoms with van der Waals surface area (Å²) in [5.74, 6) is 0.501. The van der Waals surface area contributed by atoms with Gasteiger partial charge in [-0.05, 0) is 24.6 Å². The molecule has 0 radical (unpaired) electrons. The SMILES string of the molecule is CC(NC(=O)CSC(C)(C)C)c1ccc(C#N)cc1. The zero-order valence-corrected chi connectivity index (χ0v) is 12.7. The molecule has 0 aliphatic carbocycles. The molecule has 1 unspecified atom stereocenters. The second kappa shape index (κ2) is 6.63. The Morgan fingerprint density at radius 1 is 1.37 bits per heavy atom. The van der Waals surface area contributed by atoms with Crippen LogP contribution in [-0.4, -0.2) is 16.4 Å². The summed E-state index contributed by atoms with van der Waals surface area (Å²) in [5, 5.41) is 11.7. The Hall–Kier alpha value is -1.47. The van der Waals surface area contributed by atoms with E-state index >= 15 is 0 Å². The van der Waals surface area contributed by atoms with E-state index in [4.69, 9.17) is 5.26 Å². The molecule has 1 N–H and O–H groups in total. The van der Waals surface area contributed by atoms with Gasteiger partial charge in [0.1, 0.15) is 0 Å². The summed E-state index contributed by atoms with van der Waals surface area (Å²) in [5.41, 5.74) is 1.64. The molecule has 0 aromatic heterocycles. The molecule has 1 atom stereocenters. The molecule has 4 heteroatoms. The van der Waals surface area contributed by atoms with Gasteiger partial charge in [0, 0.05) is 4.75 Å². The van der Waals surface area contributed by atoms with Gasteiger partial charge in [0.2, 0.25) is 5.91 Å². The zero-order chi connectivity index (χ0) is 14.5. The third kappa shape index (κ3) is 5.80. The fourth-order valence-corrected chi connectivity index (χ4v) is 2.14. The summed E-state index contributed by atoms with van der Waals surface area (Å²) in [6.45, 7) is 8.22. The lowest BCUT2D eigenvalue weighted by Crippen LogP contribution is -2.29. The van der Waals surface area contributed by atoms with Gasteiger partial charge in [-0.1, -0.05) is 32.9 Å². The number of nitriles is 1. The van der Waals surface area contributed by atoms with Crippen molar-refractivity contribution in [1.82, 2.24) is 5.32 Å². The van der Waals surface area contributed by atoms with E-state index in [1.807, 2.05) is 19.1 Å². The number of amides is 1. The van der Waals surface area contributed by atoms with Gasteiger partial charge in [-0.2, -0.15) is 5.26 Å². The van der Waals surface area contributed by atoms with Crippen molar-refractivity contribution in [3.63, 3.8) is 0 Å². The summed E-state index contributed by atoms with van der Waals surface area (Å²) in [6, 6.07) is 9.32. The molecular formula is C15H20N2OS. The summed E-state index contributed by atoms with van der Waals surface area (Å²) < 4.78 is 0.0923. The maximum atomic E-state index is 11.8. The molecule has 1 rings (SSSR count). The highest BCUT2D eigenvalue weighted by Crippen LogP contribution is 2.23. The molecule has 0 saturated carbocycles. The maximum absolute atomic E-state index is 11.8. The van der Waals surface area contributed by atoms with Gasteiger partial charge >= 0.3 is 0 Å². The molecule has 0 saturated heterocycles. The monoisotopic (exact) mass is 276 g/mol. The number of nitrogens with one attached hydrogen (secondary N) is 1. The van der Waals surface area contributed by atoms with Gasteiger partial charge in [-0.3, -0.25) is 4.79 Å². The molecule has 0 spiro atoms. The first-order chi connectivity index (χ1) is 8.81. The number of hydrogen-bond acceptors (Lipinski definition) is 3. The van der Waals surface area contributed by atoms with E-state index in [9.17, 15) is 4.79 Å². The fourth-order valence-electron chi connectivity index (χ4n) is 1.49. The number of carbonyl (C=O) groups is 1. The summed E-state index contributed by atoms with van der Waals surface area (Å²) >= 11 is 1.63. The third-order valence-corrected chi connectivity index (χ3v) is 3.83. The smallest absolute Gasteiger partial charge is 0.230 e. The average Bonchev–Trinajstić information content (AvgIpc) is 2.35. The largest absolute Gasteiger partial charge is 0.349 e. The maximum Gasteiger partial charge on any atom is 0.230 e. The van der Waals surface area contributed by atoms with Crippen LogP contribution < -0.4 is 5.32 Å². The Morgan fingerprint density at radius 2 is 1.95 bits per heavy atom. The van der Waals surface area contributed by atoms with Gasteiger partial charge < -0.3 is 5.32 Å². The van der Waals surface area contributed by atoms with Crippen molar-refractivity contribution in [3.8, 4) is 6.07 Å². The highest BCUT2D eigenvalue weighted by molar-refractivity contribution is 8.01. The molecule has 19 heavy (non-hydrogen) atoms. The number of hydrogen-bond donors (Lipinski definition) is 1. The molecule has 1 aromatic rings. The van der Waals surface area contributed by atoms with Crippen molar-refractivity contribution < 1.29 is 4.79 Å². The molecule has 0 fully saturated rings. The summed E-state index contributed by atoms with van der Waals surface area (Å²) in [4.78, 5) is 11.8. The highest BCUT2D eigenvalue weighted by atomic mass is 32.2. The van der Waals surface area contributed by atoms with Crippen LogP contribution in [0.4, 0.5) is 0 Å². The quantitative estimate of drug-likeness (QED) is 0.918. The predicted octanol–water partition coefficient (Wildman–Crippen LogP) is 3.27. The van der Waals surface area contributed by atoms with Crippen LogP contribution in [0.3, 0.4) is 0 Å². The van der Waals surface area contributed by atoms with Gasteiger partial charge in [-0.15, -0.1) is 11.8 Å². The first-order valence-electron chi connectivity index (χ1n) is 6.25. The number of benzene rings is 1. The topological polar surface area (TPSA) is 52.9 Å². The summed E-state index contributed by atoms with van der Waals surface area (Å²) in [6.07, 6.45) is 0. The van der Waals surface area contributed by atoms with E-state index < -0.39 is 0 Å². The lowest BCUT2D eigenvalue weighted by molar-refractivity contribution is -0.119. The van der Waals surface area contributed by atoms with Gasteiger partial charge in [0.15, 0.2) is 0 Å². The number of thioether (sulfide) groups is 1. The van der Waals surface area contributed by atoms with Crippen molar-refractivity contribution in [1.29, 1.82) is 5.26 Å². The normalized spacial score (nSPS) is 12.6. The molecule has 102 valence electrons. The van der Waals surface area contributed by atoms with Gasteiger partial charge in [0.25, 0.3) is 0 Å². The number of nitrogens with zero attached hydrogens (tertiary/aromatic N) is 1. The Kier molecular flexibility index (Phi) is 5.44. The minimum atomic E-state index is -0.0409. The van der Waals surface area contributed by atoms with Crippen molar-refractivity contribution in [3.05, 3.63) is 35.4 Å². The van der Waals surface area contributed by atoms with E-state index in [2.05, 4.69) is 32.2 Å².